The Balaban J connectivity index is 1.69. The number of fused-ring (bicyclic) bond motifs is 1. The van der Waals surface area contributed by atoms with Crippen LogP contribution in [0, 0.1) is 0 Å². The lowest BCUT2D eigenvalue weighted by Gasteiger charge is -2.07. The molecule has 1 heterocycles. The van der Waals surface area contributed by atoms with Gasteiger partial charge in [-0.3, -0.25) is 4.79 Å². The van der Waals surface area contributed by atoms with Gasteiger partial charge in [0.15, 0.2) is 5.69 Å². The summed E-state index contributed by atoms with van der Waals surface area (Å²) in [7, 11) is 0. The summed E-state index contributed by atoms with van der Waals surface area (Å²) in [4.78, 5) is 12.1. The highest BCUT2D eigenvalue weighted by Crippen LogP contribution is 2.21. The van der Waals surface area contributed by atoms with E-state index in [0.717, 1.165) is 36.1 Å². The third kappa shape index (κ3) is 3.17. The highest BCUT2D eigenvalue weighted by Gasteiger charge is 2.16. The molecule has 0 saturated carbocycles. The zero-order valence-corrected chi connectivity index (χ0v) is 12.7. The summed E-state index contributed by atoms with van der Waals surface area (Å²) in [5.74, 6) is -0.247. The number of nitrogens with zero attached hydrogens (tertiary/aromatic N) is 2. The third-order valence-corrected chi connectivity index (χ3v) is 4.09. The first-order valence-electron chi connectivity index (χ1n) is 6.71. The van der Waals surface area contributed by atoms with E-state index in [9.17, 15) is 4.79 Å². The quantitative estimate of drug-likeness (QED) is 0.944. The minimum absolute atomic E-state index is 0.247. The molecule has 1 aliphatic carbocycles. The van der Waals surface area contributed by atoms with Crippen LogP contribution >= 0.6 is 23.2 Å². The van der Waals surface area contributed by atoms with E-state index in [0.29, 0.717) is 22.3 Å². The predicted octanol–water partition coefficient (Wildman–Crippen LogP) is 3.20. The standard InChI is InChI=1S/C15H13Cl2N3O/c16-11-5-4-10(12(17)7-11)8-18-15(21)14-6-9-2-1-3-13(9)19-20-14/h4-7H,1-3,8H2,(H,18,21). The van der Waals surface area contributed by atoms with E-state index >= 15 is 0 Å². The number of carbonyl (C=O) groups excluding carboxylic acids is 1. The molecule has 108 valence electrons. The van der Waals surface area contributed by atoms with Gasteiger partial charge in [0.05, 0.1) is 5.69 Å². The van der Waals surface area contributed by atoms with Crippen LogP contribution in [-0.2, 0) is 19.4 Å². The van der Waals surface area contributed by atoms with Crippen LogP contribution in [-0.4, -0.2) is 16.1 Å². The average molecular weight is 322 g/mol. The van der Waals surface area contributed by atoms with Crippen molar-refractivity contribution in [3.8, 4) is 0 Å². The molecule has 0 bridgehead atoms. The van der Waals surface area contributed by atoms with Crippen molar-refractivity contribution in [1.29, 1.82) is 0 Å². The Morgan fingerprint density at radius 3 is 2.86 bits per heavy atom. The minimum atomic E-state index is -0.247. The fraction of sp³-hybridized carbons (Fsp3) is 0.267. The summed E-state index contributed by atoms with van der Waals surface area (Å²) in [5.41, 5.74) is 3.29. The van der Waals surface area contributed by atoms with Gasteiger partial charge in [-0.2, -0.15) is 5.10 Å². The van der Waals surface area contributed by atoms with Gasteiger partial charge in [-0.1, -0.05) is 29.3 Å². The van der Waals surface area contributed by atoms with Gasteiger partial charge in [0.2, 0.25) is 0 Å². The fourth-order valence-corrected chi connectivity index (χ4v) is 2.85. The lowest BCUT2D eigenvalue weighted by atomic mass is 10.2. The van der Waals surface area contributed by atoms with Gasteiger partial charge < -0.3 is 5.32 Å². The number of amides is 1. The summed E-state index contributed by atoms with van der Waals surface area (Å²) in [6.45, 7) is 0.327. The summed E-state index contributed by atoms with van der Waals surface area (Å²) in [6, 6.07) is 7.01. The van der Waals surface area contributed by atoms with Crippen LogP contribution in [0.25, 0.3) is 0 Å². The van der Waals surface area contributed by atoms with Gasteiger partial charge in [-0.15, -0.1) is 5.10 Å². The second-order valence-electron chi connectivity index (χ2n) is 4.97. The highest BCUT2D eigenvalue weighted by atomic mass is 35.5. The van der Waals surface area contributed by atoms with Gasteiger partial charge in [-0.05, 0) is 48.6 Å². The molecule has 0 fully saturated rings. The Kier molecular flexibility index (Phi) is 4.08. The molecule has 0 aliphatic heterocycles. The molecule has 1 aliphatic rings. The number of aromatic nitrogens is 2. The summed E-state index contributed by atoms with van der Waals surface area (Å²) < 4.78 is 0. The molecule has 6 heteroatoms. The van der Waals surface area contributed by atoms with Crippen molar-refractivity contribution in [2.24, 2.45) is 0 Å². The first-order chi connectivity index (χ1) is 10.1. The van der Waals surface area contributed by atoms with Crippen molar-refractivity contribution in [2.45, 2.75) is 25.8 Å². The highest BCUT2D eigenvalue weighted by molar-refractivity contribution is 6.35. The lowest BCUT2D eigenvalue weighted by Crippen LogP contribution is -2.24. The van der Waals surface area contributed by atoms with Gasteiger partial charge >= 0.3 is 0 Å². The van der Waals surface area contributed by atoms with Crippen molar-refractivity contribution < 1.29 is 4.79 Å². The Hall–Kier alpha value is -1.65. The molecule has 0 atom stereocenters. The molecule has 1 aromatic carbocycles. The molecule has 2 aromatic rings. The molecule has 4 nitrogen and oxygen atoms in total. The van der Waals surface area contributed by atoms with E-state index in [-0.39, 0.29) is 5.91 Å². The largest absolute Gasteiger partial charge is 0.347 e. The second-order valence-corrected chi connectivity index (χ2v) is 5.82. The zero-order valence-electron chi connectivity index (χ0n) is 11.2. The summed E-state index contributed by atoms with van der Waals surface area (Å²) in [5, 5.41) is 12.0. The van der Waals surface area contributed by atoms with Crippen LogP contribution in [0.1, 0.15) is 33.7 Å². The number of aryl methyl sites for hydroxylation is 2. The number of benzene rings is 1. The molecule has 0 spiro atoms. The van der Waals surface area contributed by atoms with Crippen LogP contribution in [0.4, 0.5) is 0 Å². The van der Waals surface area contributed by atoms with Gasteiger partial charge in [-0.25, -0.2) is 0 Å². The number of hydrogen-bond donors (Lipinski definition) is 1. The number of nitrogens with one attached hydrogen (secondary N) is 1. The molecule has 21 heavy (non-hydrogen) atoms. The Morgan fingerprint density at radius 2 is 2.05 bits per heavy atom. The average Bonchev–Trinajstić information content (AvgIpc) is 2.93. The van der Waals surface area contributed by atoms with Crippen molar-refractivity contribution in [3.63, 3.8) is 0 Å². The first-order valence-corrected chi connectivity index (χ1v) is 7.46. The normalized spacial score (nSPS) is 13.0. The number of carbonyl (C=O) groups is 1. The molecule has 1 N–H and O–H groups in total. The number of halogens is 2. The van der Waals surface area contributed by atoms with Crippen LogP contribution in [0.2, 0.25) is 10.0 Å². The van der Waals surface area contributed by atoms with E-state index in [1.165, 1.54) is 0 Å². The van der Waals surface area contributed by atoms with Crippen LogP contribution in [0.15, 0.2) is 24.3 Å². The zero-order chi connectivity index (χ0) is 14.8. The van der Waals surface area contributed by atoms with Crippen LogP contribution in [0.3, 0.4) is 0 Å². The number of hydrogen-bond acceptors (Lipinski definition) is 3. The van der Waals surface area contributed by atoms with E-state index < -0.39 is 0 Å². The van der Waals surface area contributed by atoms with Gasteiger partial charge in [0, 0.05) is 16.6 Å². The SMILES string of the molecule is O=C(NCc1ccc(Cl)cc1Cl)c1cc2c(nn1)CCC2. The third-order valence-electron chi connectivity index (χ3n) is 3.51. The topological polar surface area (TPSA) is 54.9 Å². The number of rotatable bonds is 3. The van der Waals surface area contributed by atoms with E-state index in [1.807, 2.05) is 6.07 Å². The maximum Gasteiger partial charge on any atom is 0.272 e. The van der Waals surface area contributed by atoms with Gasteiger partial charge in [0.1, 0.15) is 0 Å². The Labute approximate surface area is 132 Å². The van der Waals surface area contributed by atoms with Crippen molar-refractivity contribution in [1.82, 2.24) is 15.5 Å². The molecule has 0 unspecified atom stereocenters. The lowest BCUT2D eigenvalue weighted by molar-refractivity contribution is 0.0944. The molecular formula is C15H13Cl2N3O. The Bertz CT molecular complexity index is 703. The fourth-order valence-electron chi connectivity index (χ4n) is 2.37. The second kappa shape index (κ2) is 6.00. The maximum absolute atomic E-state index is 12.1. The molecule has 0 saturated heterocycles. The molecule has 1 amide bonds. The van der Waals surface area contributed by atoms with Crippen molar-refractivity contribution in [2.75, 3.05) is 0 Å². The monoisotopic (exact) mass is 321 g/mol. The van der Waals surface area contributed by atoms with E-state index in [1.54, 1.807) is 18.2 Å². The Morgan fingerprint density at radius 1 is 1.19 bits per heavy atom. The predicted molar refractivity (Wildman–Crippen MR) is 81.7 cm³/mol. The van der Waals surface area contributed by atoms with Crippen molar-refractivity contribution in [3.05, 3.63) is 56.8 Å². The molecule has 3 rings (SSSR count). The van der Waals surface area contributed by atoms with Crippen LogP contribution < -0.4 is 5.32 Å². The summed E-state index contributed by atoms with van der Waals surface area (Å²) >= 11 is 11.9. The smallest absolute Gasteiger partial charge is 0.272 e. The first kappa shape index (κ1) is 14.3. The summed E-state index contributed by atoms with van der Waals surface area (Å²) in [6.07, 6.45) is 2.99. The van der Waals surface area contributed by atoms with Gasteiger partial charge in [0.25, 0.3) is 5.91 Å². The van der Waals surface area contributed by atoms with E-state index in [2.05, 4.69) is 15.5 Å². The van der Waals surface area contributed by atoms with Crippen LogP contribution in [0.5, 0.6) is 0 Å². The van der Waals surface area contributed by atoms with Crippen molar-refractivity contribution >= 4 is 29.1 Å². The maximum atomic E-state index is 12.1. The van der Waals surface area contributed by atoms with E-state index in [4.69, 9.17) is 23.2 Å². The minimum Gasteiger partial charge on any atom is -0.347 e. The molecule has 0 radical (unpaired) electrons. The molecular weight excluding hydrogens is 309 g/mol. The molecule has 1 aromatic heterocycles.